The third-order valence-electron chi connectivity index (χ3n) is 5.74. The van der Waals surface area contributed by atoms with Crippen molar-refractivity contribution >= 4 is 28.6 Å². The topological polar surface area (TPSA) is 42.6 Å². The van der Waals surface area contributed by atoms with Crippen LogP contribution in [-0.4, -0.2) is 89.5 Å². The third kappa shape index (κ3) is 3.63. The zero-order chi connectivity index (χ0) is 18.1. The van der Waals surface area contributed by atoms with Gasteiger partial charge in [0, 0.05) is 54.5 Å². The van der Waals surface area contributed by atoms with Crippen molar-refractivity contribution in [1.82, 2.24) is 19.7 Å². The SMILES string of the molecule is CN(C)C1CCN(CC2CSCCN2C(=O)c2ccc3cc[nH]c3c2)C1. The van der Waals surface area contributed by atoms with E-state index in [1.165, 1.54) is 6.42 Å². The predicted molar refractivity (Wildman–Crippen MR) is 109 cm³/mol. The molecule has 1 aromatic heterocycles. The number of benzene rings is 1. The summed E-state index contributed by atoms with van der Waals surface area (Å²) in [6.45, 7) is 4.10. The third-order valence-corrected chi connectivity index (χ3v) is 6.83. The predicted octanol–water partition coefficient (Wildman–Crippen LogP) is 2.36. The Bertz CT molecular complexity index is 774. The van der Waals surface area contributed by atoms with E-state index >= 15 is 0 Å². The van der Waals surface area contributed by atoms with Crippen LogP contribution >= 0.6 is 11.8 Å². The van der Waals surface area contributed by atoms with Crippen LogP contribution in [0, 0.1) is 0 Å². The lowest BCUT2D eigenvalue weighted by Crippen LogP contribution is -2.51. The van der Waals surface area contributed by atoms with Crippen molar-refractivity contribution < 1.29 is 4.79 Å². The second kappa shape index (κ2) is 7.62. The number of likely N-dealkylation sites (N-methyl/N-ethyl adjacent to an activating group) is 1. The van der Waals surface area contributed by atoms with Crippen molar-refractivity contribution in [2.45, 2.75) is 18.5 Å². The fraction of sp³-hybridized carbons (Fsp3) is 0.550. The molecule has 140 valence electrons. The second-order valence-electron chi connectivity index (χ2n) is 7.67. The maximum atomic E-state index is 13.2. The molecule has 1 aromatic carbocycles. The number of carbonyl (C=O) groups excluding carboxylic acids is 1. The zero-order valence-electron chi connectivity index (χ0n) is 15.6. The van der Waals surface area contributed by atoms with E-state index in [0.29, 0.717) is 12.1 Å². The van der Waals surface area contributed by atoms with Crippen LogP contribution in [0.3, 0.4) is 0 Å². The molecule has 26 heavy (non-hydrogen) atoms. The minimum atomic E-state index is 0.176. The van der Waals surface area contributed by atoms with Crippen molar-refractivity contribution in [2.24, 2.45) is 0 Å². The fourth-order valence-electron chi connectivity index (χ4n) is 4.12. The van der Waals surface area contributed by atoms with Gasteiger partial charge < -0.3 is 14.8 Å². The molecule has 1 N–H and O–H groups in total. The number of aromatic nitrogens is 1. The van der Waals surface area contributed by atoms with Gasteiger partial charge in [-0.25, -0.2) is 0 Å². The number of carbonyl (C=O) groups is 1. The first-order valence-electron chi connectivity index (χ1n) is 9.46. The summed E-state index contributed by atoms with van der Waals surface area (Å²) < 4.78 is 0. The number of amides is 1. The Morgan fingerprint density at radius 1 is 1.31 bits per heavy atom. The lowest BCUT2D eigenvalue weighted by molar-refractivity contribution is 0.0666. The highest BCUT2D eigenvalue weighted by Gasteiger charge is 2.32. The summed E-state index contributed by atoms with van der Waals surface area (Å²) >= 11 is 1.98. The minimum absolute atomic E-state index is 0.176. The van der Waals surface area contributed by atoms with Crippen LogP contribution in [-0.2, 0) is 0 Å². The number of likely N-dealkylation sites (tertiary alicyclic amines) is 1. The highest BCUT2D eigenvalue weighted by Crippen LogP contribution is 2.23. The van der Waals surface area contributed by atoms with Crippen LogP contribution in [0.4, 0.5) is 0 Å². The quantitative estimate of drug-likeness (QED) is 0.895. The Balaban J connectivity index is 1.47. The number of hydrogen-bond acceptors (Lipinski definition) is 4. The Kier molecular flexibility index (Phi) is 5.25. The summed E-state index contributed by atoms with van der Waals surface area (Å²) in [5.74, 6) is 2.25. The van der Waals surface area contributed by atoms with E-state index in [9.17, 15) is 4.79 Å². The minimum Gasteiger partial charge on any atom is -0.361 e. The molecule has 3 heterocycles. The molecule has 2 aliphatic rings. The molecule has 4 rings (SSSR count). The van der Waals surface area contributed by atoms with Crippen molar-refractivity contribution in [3.8, 4) is 0 Å². The lowest BCUT2D eigenvalue weighted by atomic mass is 10.1. The Morgan fingerprint density at radius 3 is 3.00 bits per heavy atom. The summed E-state index contributed by atoms with van der Waals surface area (Å²) in [6.07, 6.45) is 3.15. The van der Waals surface area contributed by atoms with Gasteiger partial charge in [-0.2, -0.15) is 11.8 Å². The Hall–Kier alpha value is -1.50. The van der Waals surface area contributed by atoms with E-state index in [4.69, 9.17) is 0 Å². The van der Waals surface area contributed by atoms with Gasteiger partial charge in [0.1, 0.15) is 0 Å². The maximum Gasteiger partial charge on any atom is 0.254 e. The average molecular weight is 373 g/mol. The summed E-state index contributed by atoms with van der Waals surface area (Å²) in [4.78, 5) is 23.4. The lowest BCUT2D eigenvalue weighted by Gasteiger charge is -2.37. The molecule has 0 spiro atoms. The summed E-state index contributed by atoms with van der Waals surface area (Å²) in [5, 5.41) is 1.15. The molecule has 2 aromatic rings. The normalized spacial score (nSPS) is 24.7. The molecule has 0 bridgehead atoms. The van der Waals surface area contributed by atoms with Crippen molar-refractivity contribution in [3.63, 3.8) is 0 Å². The van der Waals surface area contributed by atoms with Gasteiger partial charge in [-0.05, 0) is 50.6 Å². The number of rotatable bonds is 4. The molecule has 2 atom stereocenters. The highest BCUT2D eigenvalue weighted by molar-refractivity contribution is 7.99. The number of H-pyrrole nitrogens is 1. The van der Waals surface area contributed by atoms with Crippen LogP contribution in [0.5, 0.6) is 0 Å². The second-order valence-corrected chi connectivity index (χ2v) is 8.82. The zero-order valence-corrected chi connectivity index (χ0v) is 16.5. The van der Waals surface area contributed by atoms with Crippen molar-refractivity contribution in [1.29, 1.82) is 0 Å². The van der Waals surface area contributed by atoms with Gasteiger partial charge in [-0.3, -0.25) is 9.69 Å². The number of hydrogen-bond donors (Lipinski definition) is 1. The van der Waals surface area contributed by atoms with Crippen LogP contribution in [0.15, 0.2) is 30.5 Å². The molecule has 1 amide bonds. The smallest absolute Gasteiger partial charge is 0.254 e. The van der Waals surface area contributed by atoms with E-state index < -0.39 is 0 Å². The van der Waals surface area contributed by atoms with E-state index in [1.54, 1.807) is 0 Å². The van der Waals surface area contributed by atoms with Crippen LogP contribution in [0.1, 0.15) is 16.8 Å². The van der Waals surface area contributed by atoms with Crippen LogP contribution in [0.25, 0.3) is 10.9 Å². The molecule has 6 heteroatoms. The molecule has 0 radical (unpaired) electrons. The van der Waals surface area contributed by atoms with Crippen molar-refractivity contribution in [2.75, 3.05) is 51.8 Å². The average Bonchev–Trinajstić information content (AvgIpc) is 3.30. The van der Waals surface area contributed by atoms with Gasteiger partial charge in [0.15, 0.2) is 0 Å². The summed E-state index contributed by atoms with van der Waals surface area (Å²) in [6, 6.07) is 8.99. The van der Waals surface area contributed by atoms with E-state index in [2.05, 4.69) is 33.8 Å². The van der Waals surface area contributed by atoms with E-state index in [1.807, 2.05) is 42.2 Å². The molecule has 2 saturated heterocycles. The fourth-order valence-corrected chi connectivity index (χ4v) is 5.17. The number of thioether (sulfide) groups is 1. The van der Waals surface area contributed by atoms with Crippen LogP contribution < -0.4 is 0 Å². The summed E-state index contributed by atoms with van der Waals surface area (Å²) in [5.41, 5.74) is 1.83. The number of nitrogens with one attached hydrogen (secondary N) is 1. The van der Waals surface area contributed by atoms with Gasteiger partial charge in [0.25, 0.3) is 5.91 Å². The first kappa shape index (κ1) is 17.9. The molecule has 0 saturated carbocycles. The Labute approximate surface area is 159 Å². The molecular weight excluding hydrogens is 344 g/mol. The van der Waals surface area contributed by atoms with Crippen LogP contribution in [0.2, 0.25) is 0 Å². The molecule has 0 aliphatic carbocycles. The molecule has 2 unspecified atom stereocenters. The first-order chi connectivity index (χ1) is 12.6. The molecule has 2 fully saturated rings. The molecular formula is C20H28N4OS. The number of nitrogens with zero attached hydrogens (tertiary/aromatic N) is 3. The van der Waals surface area contributed by atoms with Gasteiger partial charge >= 0.3 is 0 Å². The largest absolute Gasteiger partial charge is 0.361 e. The maximum absolute atomic E-state index is 13.2. The van der Waals surface area contributed by atoms with Crippen molar-refractivity contribution in [3.05, 3.63) is 36.0 Å². The van der Waals surface area contributed by atoms with Gasteiger partial charge in [-0.15, -0.1) is 0 Å². The Morgan fingerprint density at radius 2 is 2.19 bits per heavy atom. The first-order valence-corrected chi connectivity index (χ1v) is 10.6. The van der Waals surface area contributed by atoms with Gasteiger partial charge in [0.05, 0.1) is 6.04 Å². The van der Waals surface area contributed by atoms with E-state index in [0.717, 1.165) is 54.2 Å². The monoisotopic (exact) mass is 372 g/mol. The highest BCUT2D eigenvalue weighted by atomic mass is 32.2. The number of aromatic amines is 1. The molecule has 2 aliphatic heterocycles. The van der Waals surface area contributed by atoms with Gasteiger partial charge in [-0.1, -0.05) is 6.07 Å². The number of fused-ring (bicyclic) bond motifs is 1. The molecule has 5 nitrogen and oxygen atoms in total. The van der Waals surface area contributed by atoms with Gasteiger partial charge in [0.2, 0.25) is 0 Å². The standard InChI is InChI=1S/C20H28N4OS/c1-22(2)17-6-8-23(12-17)13-18-14-26-10-9-24(18)20(25)16-4-3-15-5-7-21-19(15)11-16/h3-5,7,11,17-18,21H,6,8-10,12-14H2,1-2H3. The summed E-state index contributed by atoms with van der Waals surface area (Å²) in [7, 11) is 4.33. The van der Waals surface area contributed by atoms with E-state index in [-0.39, 0.29) is 5.91 Å².